The molecule has 24 heavy (non-hydrogen) atoms. The van der Waals surface area contributed by atoms with Gasteiger partial charge < -0.3 is 14.2 Å². The lowest BCUT2D eigenvalue weighted by molar-refractivity contribution is -0.384. The summed E-state index contributed by atoms with van der Waals surface area (Å²) in [5.74, 6) is -0.426. The molecule has 0 saturated heterocycles. The summed E-state index contributed by atoms with van der Waals surface area (Å²) in [6.45, 7) is 6.73. The van der Waals surface area contributed by atoms with Gasteiger partial charge in [0.25, 0.3) is 5.69 Å². The van der Waals surface area contributed by atoms with Crippen LogP contribution in [0.15, 0.2) is 12.1 Å². The Kier molecular flexibility index (Phi) is 6.97. The van der Waals surface area contributed by atoms with E-state index in [1.807, 2.05) is 0 Å². The molecular weight excluding hydrogens is 320 g/mol. The minimum Gasteiger partial charge on any atom is -0.478 e. The SMILES string of the molecule is CCOC(=O)Nc1cc(C)c(OC(C)C(=O)OCC)cc1[N+](=O)[O-]. The van der Waals surface area contributed by atoms with Crippen LogP contribution in [0.5, 0.6) is 5.75 Å². The maximum absolute atomic E-state index is 11.6. The second-order valence-electron chi connectivity index (χ2n) is 4.75. The first kappa shape index (κ1) is 19.2. The summed E-state index contributed by atoms with van der Waals surface area (Å²) in [5.41, 5.74) is 0.107. The maximum atomic E-state index is 11.6. The number of carbonyl (C=O) groups is 2. The molecule has 1 rings (SSSR count). The third kappa shape index (κ3) is 5.11. The Balaban J connectivity index is 3.08. The number of nitro benzene ring substituents is 1. The van der Waals surface area contributed by atoms with E-state index in [-0.39, 0.29) is 30.3 Å². The first-order valence-electron chi connectivity index (χ1n) is 7.36. The largest absolute Gasteiger partial charge is 0.478 e. The number of nitrogens with zero attached hydrogens (tertiary/aromatic N) is 1. The van der Waals surface area contributed by atoms with E-state index in [4.69, 9.17) is 14.2 Å². The Morgan fingerprint density at radius 2 is 1.88 bits per heavy atom. The molecule has 1 amide bonds. The van der Waals surface area contributed by atoms with Crippen molar-refractivity contribution in [2.24, 2.45) is 0 Å². The monoisotopic (exact) mass is 340 g/mol. The van der Waals surface area contributed by atoms with Gasteiger partial charge in [0, 0.05) is 0 Å². The molecule has 0 radical (unpaired) electrons. The van der Waals surface area contributed by atoms with Crippen LogP contribution < -0.4 is 10.1 Å². The summed E-state index contributed by atoms with van der Waals surface area (Å²) in [6.07, 6.45) is -1.72. The molecule has 0 aliphatic heterocycles. The molecule has 1 atom stereocenters. The topological polar surface area (TPSA) is 117 Å². The number of anilines is 1. The van der Waals surface area contributed by atoms with E-state index in [2.05, 4.69) is 5.32 Å². The van der Waals surface area contributed by atoms with Crippen LogP contribution in [0.4, 0.5) is 16.2 Å². The molecular formula is C15H20N2O7. The van der Waals surface area contributed by atoms with Crippen molar-refractivity contribution in [3.8, 4) is 5.75 Å². The number of esters is 1. The summed E-state index contributed by atoms with van der Waals surface area (Å²) in [4.78, 5) is 33.6. The fourth-order valence-electron chi connectivity index (χ4n) is 1.83. The Bertz CT molecular complexity index is 630. The summed E-state index contributed by atoms with van der Waals surface area (Å²) < 4.78 is 15.0. The molecule has 9 nitrogen and oxygen atoms in total. The zero-order valence-corrected chi connectivity index (χ0v) is 14.0. The molecule has 132 valence electrons. The molecule has 1 unspecified atom stereocenters. The number of rotatable bonds is 7. The third-order valence-corrected chi connectivity index (χ3v) is 2.92. The average molecular weight is 340 g/mol. The fourth-order valence-corrected chi connectivity index (χ4v) is 1.83. The summed E-state index contributed by atoms with van der Waals surface area (Å²) in [7, 11) is 0. The minimum atomic E-state index is -0.924. The van der Waals surface area contributed by atoms with E-state index in [0.717, 1.165) is 6.07 Å². The Hall–Kier alpha value is -2.84. The molecule has 0 aliphatic carbocycles. The zero-order chi connectivity index (χ0) is 18.3. The summed E-state index contributed by atoms with van der Waals surface area (Å²) in [6, 6.07) is 2.52. The van der Waals surface area contributed by atoms with Crippen molar-refractivity contribution in [1.82, 2.24) is 0 Å². The van der Waals surface area contributed by atoms with Crippen molar-refractivity contribution in [1.29, 1.82) is 0 Å². The van der Waals surface area contributed by atoms with Crippen LogP contribution in [0.25, 0.3) is 0 Å². The lowest BCUT2D eigenvalue weighted by Crippen LogP contribution is -2.26. The molecule has 0 bridgehead atoms. The highest BCUT2D eigenvalue weighted by Gasteiger charge is 2.23. The van der Waals surface area contributed by atoms with Crippen molar-refractivity contribution in [3.63, 3.8) is 0 Å². The molecule has 0 aliphatic rings. The van der Waals surface area contributed by atoms with Gasteiger partial charge in [-0.05, 0) is 39.3 Å². The molecule has 0 aromatic heterocycles. The predicted molar refractivity (Wildman–Crippen MR) is 85.2 cm³/mol. The summed E-state index contributed by atoms with van der Waals surface area (Å²) in [5, 5.41) is 13.5. The Labute approximate surface area is 139 Å². The number of amides is 1. The van der Waals surface area contributed by atoms with Gasteiger partial charge in [-0.3, -0.25) is 15.4 Å². The van der Waals surface area contributed by atoms with Gasteiger partial charge in [-0.15, -0.1) is 0 Å². The van der Waals surface area contributed by atoms with Crippen molar-refractivity contribution >= 4 is 23.4 Å². The first-order valence-corrected chi connectivity index (χ1v) is 7.36. The van der Waals surface area contributed by atoms with Gasteiger partial charge in [-0.25, -0.2) is 9.59 Å². The molecule has 1 N–H and O–H groups in total. The third-order valence-electron chi connectivity index (χ3n) is 2.92. The van der Waals surface area contributed by atoms with Crippen LogP contribution >= 0.6 is 0 Å². The quantitative estimate of drug-likeness (QED) is 0.460. The fraction of sp³-hybridized carbons (Fsp3) is 0.467. The van der Waals surface area contributed by atoms with Crippen molar-refractivity contribution in [3.05, 3.63) is 27.8 Å². The van der Waals surface area contributed by atoms with Crippen LogP contribution in [0, 0.1) is 17.0 Å². The number of aryl methyl sites for hydroxylation is 1. The number of carbonyl (C=O) groups excluding carboxylic acids is 2. The van der Waals surface area contributed by atoms with E-state index in [1.165, 1.54) is 13.0 Å². The number of benzene rings is 1. The molecule has 0 heterocycles. The normalized spacial score (nSPS) is 11.3. The molecule has 0 fully saturated rings. The van der Waals surface area contributed by atoms with Gasteiger partial charge in [0.1, 0.15) is 11.4 Å². The lowest BCUT2D eigenvalue weighted by Gasteiger charge is -2.16. The number of hydrogen-bond donors (Lipinski definition) is 1. The average Bonchev–Trinajstić information content (AvgIpc) is 2.49. The number of hydrogen-bond acceptors (Lipinski definition) is 7. The second kappa shape index (κ2) is 8.70. The smallest absolute Gasteiger partial charge is 0.411 e. The molecule has 1 aromatic rings. The van der Waals surface area contributed by atoms with Crippen LogP contribution in [0.1, 0.15) is 26.3 Å². The number of nitro groups is 1. The van der Waals surface area contributed by atoms with E-state index in [0.29, 0.717) is 5.56 Å². The molecule has 0 saturated carbocycles. The lowest BCUT2D eigenvalue weighted by atomic mass is 10.1. The molecule has 9 heteroatoms. The van der Waals surface area contributed by atoms with E-state index in [9.17, 15) is 19.7 Å². The van der Waals surface area contributed by atoms with E-state index in [1.54, 1.807) is 20.8 Å². The highest BCUT2D eigenvalue weighted by molar-refractivity contribution is 5.88. The van der Waals surface area contributed by atoms with Crippen LogP contribution in [-0.2, 0) is 14.3 Å². The van der Waals surface area contributed by atoms with Gasteiger partial charge in [-0.2, -0.15) is 0 Å². The van der Waals surface area contributed by atoms with Gasteiger partial charge >= 0.3 is 12.1 Å². The van der Waals surface area contributed by atoms with E-state index >= 15 is 0 Å². The minimum absolute atomic E-state index is 0.0212. The molecule has 1 aromatic carbocycles. The van der Waals surface area contributed by atoms with Gasteiger partial charge in [0.2, 0.25) is 0 Å². The number of ether oxygens (including phenoxy) is 3. The van der Waals surface area contributed by atoms with E-state index < -0.39 is 23.1 Å². The van der Waals surface area contributed by atoms with Crippen LogP contribution in [-0.4, -0.2) is 36.3 Å². The predicted octanol–water partition coefficient (Wildman–Crippen LogP) is 2.80. The Morgan fingerprint density at radius 1 is 1.25 bits per heavy atom. The van der Waals surface area contributed by atoms with Crippen LogP contribution in [0.2, 0.25) is 0 Å². The number of nitrogens with one attached hydrogen (secondary N) is 1. The maximum Gasteiger partial charge on any atom is 0.411 e. The second-order valence-corrected chi connectivity index (χ2v) is 4.75. The standard InChI is InChI=1S/C15H20N2O7/c1-5-22-14(18)10(4)24-13-8-12(17(20)21)11(7-9(13)3)16-15(19)23-6-2/h7-8,10H,5-6H2,1-4H3,(H,16,19). The van der Waals surface area contributed by atoms with Crippen molar-refractivity contribution < 1.29 is 28.7 Å². The highest BCUT2D eigenvalue weighted by atomic mass is 16.6. The zero-order valence-electron chi connectivity index (χ0n) is 14.0. The van der Waals surface area contributed by atoms with Gasteiger partial charge in [0.15, 0.2) is 6.10 Å². The highest BCUT2D eigenvalue weighted by Crippen LogP contribution is 2.33. The summed E-state index contributed by atoms with van der Waals surface area (Å²) >= 11 is 0. The van der Waals surface area contributed by atoms with Crippen LogP contribution in [0.3, 0.4) is 0 Å². The van der Waals surface area contributed by atoms with Crippen molar-refractivity contribution in [2.75, 3.05) is 18.5 Å². The first-order chi connectivity index (χ1) is 11.3. The van der Waals surface area contributed by atoms with Gasteiger partial charge in [-0.1, -0.05) is 0 Å². The Morgan fingerprint density at radius 3 is 2.42 bits per heavy atom. The molecule has 0 spiro atoms. The van der Waals surface area contributed by atoms with Gasteiger partial charge in [0.05, 0.1) is 24.2 Å². The van der Waals surface area contributed by atoms with Crippen molar-refractivity contribution in [2.45, 2.75) is 33.8 Å².